The molecule has 0 aromatic heterocycles. The molecule has 1 aromatic carbocycles. The van der Waals surface area contributed by atoms with Gasteiger partial charge in [-0.15, -0.1) is 0 Å². The van der Waals surface area contributed by atoms with Gasteiger partial charge < -0.3 is 15.2 Å². The van der Waals surface area contributed by atoms with E-state index in [0.717, 1.165) is 19.3 Å². The molecule has 1 aromatic rings. The minimum atomic E-state index is -1.11. The fraction of sp³-hybridized carbons (Fsp3) is 0.412. The first-order valence-electron chi connectivity index (χ1n) is 7.52. The van der Waals surface area contributed by atoms with E-state index in [1.807, 2.05) is 12.2 Å². The van der Waals surface area contributed by atoms with Gasteiger partial charge in [0.2, 0.25) is 0 Å². The second-order valence-electron chi connectivity index (χ2n) is 5.49. The minimum absolute atomic E-state index is 0.182. The van der Waals surface area contributed by atoms with Crippen LogP contribution in [0.5, 0.6) is 0 Å². The molecule has 5 nitrogen and oxygen atoms in total. The lowest BCUT2D eigenvalue weighted by Crippen LogP contribution is -2.51. The van der Waals surface area contributed by atoms with Crippen LogP contribution in [0, 0.1) is 5.92 Å². The van der Waals surface area contributed by atoms with E-state index >= 15 is 0 Å². The normalized spacial score (nSPS) is 19.7. The predicted octanol–water partition coefficient (Wildman–Crippen LogP) is 2.33. The highest BCUT2D eigenvalue weighted by atomic mass is 35.5. The van der Waals surface area contributed by atoms with E-state index in [1.54, 1.807) is 24.3 Å². The van der Waals surface area contributed by atoms with Crippen molar-refractivity contribution in [3.63, 3.8) is 0 Å². The summed E-state index contributed by atoms with van der Waals surface area (Å²) in [5.41, 5.74) is 0.356. The summed E-state index contributed by atoms with van der Waals surface area (Å²) in [6.07, 6.45) is 5.50. The molecule has 0 saturated carbocycles. The Bertz CT molecular complexity index is 585. The third kappa shape index (κ3) is 4.56. The first-order valence-corrected chi connectivity index (χ1v) is 7.89. The lowest BCUT2D eigenvalue weighted by Gasteiger charge is -2.28. The number of benzene rings is 1. The fourth-order valence-electron chi connectivity index (χ4n) is 2.61. The summed E-state index contributed by atoms with van der Waals surface area (Å²) in [6.45, 7) is 0. The summed E-state index contributed by atoms with van der Waals surface area (Å²) in [6, 6.07) is 5.17. The molecule has 0 spiro atoms. The number of amides is 1. The molecule has 2 rings (SSSR count). The van der Waals surface area contributed by atoms with Crippen LogP contribution in [0.4, 0.5) is 0 Å². The van der Waals surface area contributed by atoms with Crippen molar-refractivity contribution in [2.45, 2.75) is 31.4 Å². The van der Waals surface area contributed by atoms with Gasteiger partial charge in [-0.2, -0.15) is 0 Å². The Morgan fingerprint density at radius 2 is 2.04 bits per heavy atom. The molecule has 1 aliphatic carbocycles. The maximum atomic E-state index is 12.3. The van der Waals surface area contributed by atoms with E-state index < -0.39 is 24.0 Å². The first-order chi connectivity index (χ1) is 11.0. The Kier molecular flexibility index (Phi) is 6.19. The van der Waals surface area contributed by atoms with Gasteiger partial charge in [0.05, 0.1) is 13.2 Å². The highest BCUT2D eigenvalue weighted by molar-refractivity contribution is 6.30. The lowest BCUT2D eigenvalue weighted by atomic mass is 9.87. The zero-order chi connectivity index (χ0) is 16.8. The zero-order valence-corrected chi connectivity index (χ0v) is 13.6. The minimum Gasteiger partial charge on any atom is -0.467 e. The monoisotopic (exact) mass is 337 g/mol. The molecule has 1 amide bonds. The van der Waals surface area contributed by atoms with E-state index in [1.165, 1.54) is 7.11 Å². The number of carbonyl (C=O) groups is 2. The van der Waals surface area contributed by atoms with Gasteiger partial charge in [-0.25, -0.2) is 4.79 Å². The molecular formula is C17H20ClNO4. The van der Waals surface area contributed by atoms with Crippen LogP contribution in [0.3, 0.4) is 0 Å². The Labute approximate surface area is 140 Å². The molecule has 1 aliphatic rings. The maximum Gasteiger partial charge on any atom is 0.331 e. The van der Waals surface area contributed by atoms with Gasteiger partial charge in [0.25, 0.3) is 5.91 Å². The zero-order valence-electron chi connectivity index (χ0n) is 12.9. The van der Waals surface area contributed by atoms with Gasteiger partial charge >= 0.3 is 5.97 Å². The Hall–Kier alpha value is -1.85. The van der Waals surface area contributed by atoms with Crippen LogP contribution in [0.15, 0.2) is 36.4 Å². The molecule has 0 bridgehead atoms. The number of aliphatic hydroxyl groups excluding tert-OH is 1. The molecule has 2 N–H and O–H groups in total. The number of methoxy groups -OCH3 is 1. The molecule has 0 unspecified atom stereocenters. The summed E-state index contributed by atoms with van der Waals surface area (Å²) >= 11 is 5.79. The van der Waals surface area contributed by atoms with Crippen LogP contribution in [0.1, 0.15) is 29.6 Å². The van der Waals surface area contributed by atoms with Crippen LogP contribution in [0.25, 0.3) is 0 Å². The van der Waals surface area contributed by atoms with Crippen molar-refractivity contribution in [1.82, 2.24) is 5.32 Å². The number of nitrogens with one attached hydrogen (secondary N) is 1. The van der Waals surface area contributed by atoms with Crippen molar-refractivity contribution in [2.75, 3.05) is 7.11 Å². The number of rotatable bonds is 5. The van der Waals surface area contributed by atoms with E-state index in [9.17, 15) is 14.7 Å². The quantitative estimate of drug-likeness (QED) is 0.638. The topological polar surface area (TPSA) is 75.6 Å². The lowest BCUT2D eigenvalue weighted by molar-refractivity contribution is -0.146. The molecule has 0 radical (unpaired) electrons. The first kappa shape index (κ1) is 17.5. The third-order valence-electron chi connectivity index (χ3n) is 3.92. The molecular weight excluding hydrogens is 318 g/mol. The fourth-order valence-corrected chi connectivity index (χ4v) is 2.73. The highest BCUT2D eigenvalue weighted by Crippen LogP contribution is 2.23. The van der Waals surface area contributed by atoms with E-state index in [4.69, 9.17) is 16.3 Å². The van der Waals surface area contributed by atoms with Gasteiger partial charge in [-0.3, -0.25) is 4.79 Å². The van der Waals surface area contributed by atoms with Gasteiger partial charge in [0, 0.05) is 16.5 Å². The number of allylic oxidation sites excluding steroid dienone is 1. The smallest absolute Gasteiger partial charge is 0.331 e. The maximum absolute atomic E-state index is 12.3. The molecule has 0 aliphatic heterocycles. The second-order valence-corrected chi connectivity index (χ2v) is 5.93. The number of aliphatic hydroxyl groups is 1. The molecule has 124 valence electrons. The van der Waals surface area contributed by atoms with E-state index in [2.05, 4.69) is 5.32 Å². The van der Waals surface area contributed by atoms with Gasteiger partial charge in [0.1, 0.15) is 0 Å². The van der Waals surface area contributed by atoms with Crippen LogP contribution >= 0.6 is 11.6 Å². The second kappa shape index (κ2) is 8.13. The molecule has 0 fully saturated rings. The van der Waals surface area contributed by atoms with Crippen molar-refractivity contribution in [1.29, 1.82) is 0 Å². The van der Waals surface area contributed by atoms with Crippen LogP contribution in [-0.4, -0.2) is 36.2 Å². The number of esters is 1. The van der Waals surface area contributed by atoms with Crippen molar-refractivity contribution in [3.8, 4) is 0 Å². The number of carbonyl (C=O) groups excluding carboxylic acids is 2. The summed E-state index contributed by atoms with van der Waals surface area (Å²) in [5, 5.41) is 13.6. The largest absolute Gasteiger partial charge is 0.467 e. The van der Waals surface area contributed by atoms with Crippen molar-refractivity contribution in [3.05, 3.63) is 47.0 Å². The number of hydrogen-bond donors (Lipinski definition) is 2. The summed E-state index contributed by atoms with van der Waals surface area (Å²) in [5.74, 6) is -1.31. The number of halogens is 1. The standard InChI is InChI=1S/C17H20ClNO4/c1-23-17(22)14(15(20)11-5-3-2-4-6-11)19-16(21)12-7-9-13(18)10-8-12/h3,5,7-11,14-15,20H,2,4,6H2,1H3,(H,19,21)/t11-,14+,15+/m1/s1. The van der Waals surface area contributed by atoms with Crippen molar-refractivity contribution < 1.29 is 19.4 Å². The Balaban J connectivity index is 2.13. The predicted molar refractivity (Wildman–Crippen MR) is 87.2 cm³/mol. The average molecular weight is 338 g/mol. The van der Waals surface area contributed by atoms with E-state index in [-0.39, 0.29) is 5.92 Å². The third-order valence-corrected chi connectivity index (χ3v) is 4.17. The molecule has 0 saturated heterocycles. The SMILES string of the molecule is COC(=O)[C@@H](NC(=O)c1ccc(Cl)cc1)[C@@H](O)[C@@H]1C=CCCC1. The number of ether oxygens (including phenoxy) is 1. The summed E-state index contributed by atoms with van der Waals surface area (Å²) in [4.78, 5) is 24.3. The van der Waals surface area contributed by atoms with Gasteiger partial charge in [0.15, 0.2) is 6.04 Å². The molecule has 0 heterocycles. The Morgan fingerprint density at radius 3 is 2.61 bits per heavy atom. The van der Waals surface area contributed by atoms with Crippen molar-refractivity contribution >= 4 is 23.5 Å². The van der Waals surface area contributed by atoms with Crippen LogP contribution in [0.2, 0.25) is 5.02 Å². The van der Waals surface area contributed by atoms with Gasteiger partial charge in [-0.05, 0) is 43.5 Å². The van der Waals surface area contributed by atoms with Crippen LogP contribution in [-0.2, 0) is 9.53 Å². The summed E-state index contributed by atoms with van der Waals surface area (Å²) in [7, 11) is 1.23. The highest BCUT2D eigenvalue weighted by Gasteiger charge is 2.34. The number of hydrogen-bond acceptors (Lipinski definition) is 4. The molecule has 3 atom stereocenters. The molecule has 6 heteroatoms. The summed E-state index contributed by atoms with van der Waals surface area (Å²) < 4.78 is 4.72. The van der Waals surface area contributed by atoms with Crippen molar-refractivity contribution in [2.24, 2.45) is 5.92 Å². The Morgan fingerprint density at radius 1 is 1.35 bits per heavy atom. The van der Waals surface area contributed by atoms with Crippen LogP contribution < -0.4 is 5.32 Å². The van der Waals surface area contributed by atoms with E-state index in [0.29, 0.717) is 10.6 Å². The molecule has 23 heavy (non-hydrogen) atoms. The van der Waals surface area contributed by atoms with Gasteiger partial charge in [-0.1, -0.05) is 23.8 Å². The average Bonchev–Trinajstić information content (AvgIpc) is 2.59.